The lowest BCUT2D eigenvalue weighted by atomic mass is 10.1. The van der Waals surface area contributed by atoms with E-state index >= 15 is 0 Å². The van der Waals surface area contributed by atoms with Crippen LogP contribution in [0.3, 0.4) is 0 Å². The Bertz CT molecular complexity index is 1480. The van der Waals surface area contributed by atoms with Crippen LogP contribution in [0.2, 0.25) is 0 Å². The van der Waals surface area contributed by atoms with Gasteiger partial charge in [-0.2, -0.15) is 4.31 Å². The van der Waals surface area contributed by atoms with Gasteiger partial charge in [0.15, 0.2) is 5.13 Å². The number of benzene rings is 2. The summed E-state index contributed by atoms with van der Waals surface area (Å²) in [5.41, 5.74) is 3.20. The molecule has 0 aliphatic carbocycles. The third-order valence-electron chi connectivity index (χ3n) is 6.60. The summed E-state index contributed by atoms with van der Waals surface area (Å²) < 4.78 is 29.0. The number of fused-ring (bicyclic) bond motifs is 1. The number of piperidine rings is 1. The maximum Gasteiger partial charge on any atom is 0.260 e. The topological polar surface area (TPSA) is 83.5 Å². The molecule has 186 valence electrons. The minimum atomic E-state index is -3.61. The number of sulfonamides is 1. The molecule has 1 unspecified atom stereocenters. The van der Waals surface area contributed by atoms with Crippen LogP contribution in [0.25, 0.3) is 10.2 Å². The van der Waals surface area contributed by atoms with Crippen LogP contribution in [0.15, 0.2) is 71.9 Å². The van der Waals surface area contributed by atoms with Gasteiger partial charge in [0.1, 0.15) is 0 Å². The average Bonchev–Trinajstić information content (AvgIpc) is 3.33. The number of para-hydroxylation sites is 1. The normalized spacial score (nSPS) is 16.8. The quantitative estimate of drug-likeness (QED) is 0.339. The number of anilines is 1. The molecule has 36 heavy (non-hydrogen) atoms. The molecule has 0 bridgehead atoms. The second-order valence-electron chi connectivity index (χ2n) is 9.16. The molecule has 0 saturated carbocycles. The summed E-state index contributed by atoms with van der Waals surface area (Å²) in [5.74, 6) is -0.245. The first kappa shape index (κ1) is 24.5. The first-order chi connectivity index (χ1) is 17.3. The lowest BCUT2D eigenvalue weighted by Crippen LogP contribution is -2.41. The van der Waals surface area contributed by atoms with Gasteiger partial charge >= 0.3 is 0 Å². The number of hydrogen-bond acceptors (Lipinski definition) is 6. The summed E-state index contributed by atoms with van der Waals surface area (Å²) in [6.07, 6.45) is 6.19. The van der Waals surface area contributed by atoms with Gasteiger partial charge in [-0.25, -0.2) is 13.4 Å². The summed E-state index contributed by atoms with van der Waals surface area (Å²) in [6.45, 7) is 4.78. The molecule has 1 atom stereocenters. The highest BCUT2D eigenvalue weighted by Crippen LogP contribution is 2.32. The second kappa shape index (κ2) is 10.1. The molecule has 2 aromatic carbocycles. The SMILES string of the molecule is Cc1cccc2sc(N(Cc3cccnc3)C(=O)c3ccc(S(=O)(=O)N4CCCCC4C)cc3)nc12. The third-order valence-corrected chi connectivity index (χ3v) is 9.67. The van der Waals surface area contributed by atoms with E-state index in [2.05, 4.69) is 4.98 Å². The second-order valence-corrected chi connectivity index (χ2v) is 12.1. The zero-order valence-electron chi connectivity index (χ0n) is 20.3. The van der Waals surface area contributed by atoms with E-state index in [0.717, 1.165) is 40.6 Å². The first-order valence-electron chi connectivity index (χ1n) is 12.0. The van der Waals surface area contributed by atoms with Gasteiger partial charge < -0.3 is 0 Å². The number of aromatic nitrogens is 2. The maximum atomic E-state index is 13.7. The van der Waals surface area contributed by atoms with E-state index in [-0.39, 0.29) is 16.8 Å². The number of amides is 1. The van der Waals surface area contributed by atoms with E-state index in [1.807, 2.05) is 44.2 Å². The lowest BCUT2D eigenvalue weighted by Gasteiger charge is -2.32. The van der Waals surface area contributed by atoms with Gasteiger partial charge in [-0.3, -0.25) is 14.7 Å². The molecule has 2 aromatic heterocycles. The molecule has 1 aliphatic rings. The molecule has 5 rings (SSSR count). The van der Waals surface area contributed by atoms with Gasteiger partial charge in [0.25, 0.3) is 5.91 Å². The van der Waals surface area contributed by atoms with Crippen molar-refractivity contribution < 1.29 is 13.2 Å². The number of thiazole rings is 1. The number of pyridine rings is 1. The van der Waals surface area contributed by atoms with Crippen LogP contribution >= 0.6 is 11.3 Å². The minimum absolute atomic E-state index is 0.0254. The molecule has 0 spiro atoms. The van der Waals surface area contributed by atoms with E-state index in [1.54, 1.807) is 33.7 Å². The summed E-state index contributed by atoms with van der Waals surface area (Å²) in [4.78, 5) is 24.6. The predicted octanol–water partition coefficient (Wildman–Crippen LogP) is 5.41. The zero-order valence-corrected chi connectivity index (χ0v) is 21.9. The summed E-state index contributed by atoms with van der Waals surface area (Å²) >= 11 is 1.46. The minimum Gasteiger partial charge on any atom is -0.279 e. The van der Waals surface area contributed by atoms with Crippen molar-refractivity contribution in [1.29, 1.82) is 0 Å². The van der Waals surface area contributed by atoms with E-state index in [9.17, 15) is 13.2 Å². The highest BCUT2D eigenvalue weighted by atomic mass is 32.2. The smallest absolute Gasteiger partial charge is 0.260 e. The van der Waals surface area contributed by atoms with E-state index in [1.165, 1.54) is 23.5 Å². The molecular weight excluding hydrogens is 492 g/mol. The van der Waals surface area contributed by atoms with Crippen LogP contribution in [-0.4, -0.2) is 41.2 Å². The van der Waals surface area contributed by atoms with Crippen molar-refractivity contribution in [3.8, 4) is 0 Å². The van der Waals surface area contributed by atoms with Crippen LogP contribution in [-0.2, 0) is 16.6 Å². The Balaban J connectivity index is 1.48. The van der Waals surface area contributed by atoms with Crippen molar-refractivity contribution in [1.82, 2.24) is 14.3 Å². The van der Waals surface area contributed by atoms with Crippen LogP contribution in [0.1, 0.15) is 47.7 Å². The molecule has 9 heteroatoms. The fourth-order valence-electron chi connectivity index (χ4n) is 4.58. The molecule has 4 aromatic rings. The Labute approximate surface area is 215 Å². The monoisotopic (exact) mass is 520 g/mol. The Hall–Kier alpha value is -3.14. The molecular formula is C27H28N4O3S2. The largest absolute Gasteiger partial charge is 0.279 e. The average molecular weight is 521 g/mol. The molecule has 1 fully saturated rings. The number of rotatable bonds is 6. The van der Waals surface area contributed by atoms with Gasteiger partial charge in [-0.05, 0) is 74.2 Å². The number of aryl methyl sites for hydroxylation is 1. The Morgan fingerprint density at radius 1 is 1.11 bits per heavy atom. The van der Waals surface area contributed by atoms with E-state index in [0.29, 0.717) is 23.8 Å². The maximum absolute atomic E-state index is 13.7. The van der Waals surface area contributed by atoms with Gasteiger partial charge in [0, 0.05) is 30.5 Å². The molecule has 0 radical (unpaired) electrons. The number of carbonyl (C=O) groups is 1. The molecule has 1 amide bonds. The highest BCUT2D eigenvalue weighted by molar-refractivity contribution is 7.89. The molecule has 3 heterocycles. The fourth-order valence-corrected chi connectivity index (χ4v) is 7.32. The third kappa shape index (κ3) is 4.78. The van der Waals surface area contributed by atoms with Crippen molar-refractivity contribution in [3.63, 3.8) is 0 Å². The van der Waals surface area contributed by atoms with Crippen LogP contribution < -0.4 is 4.90 Å². The number of carbonyl (C=O) groups excluding carboxylic acids is 1. The first-order valence-corrected chi connectivity index (χ1v) is 14.3. The molecule has 1 aliphatic heterocycles. The number of nitrogens with zero attached hydrogens (tertiary/aromatic N) is 4. The fraction of sp³-hybridized carbons (Fsp3) is 0.296. The Morgan fingerprint density at radius 2 is 1.92 bits per heavy atom. The van der Waals surface area contributed by atoms with Crippen molar-refractivity contribution >= 4 is 42.6 Å². The van der Waals surface area contributed by atoms with Crippen LogP contribution in [0.4, 0.5) is 5.13 Å². The molecule has 1 saturated heterocycles. The van der Waals surface area contributed by atoms with Crippen molar-refractivity contribution in [2.75, 3.05) is 11.4 Å². The van der Waals surface area contributed by atoms with Gasteiger partial charge in [-0.1, -0.05) is 36.0 Å². The summed E-state index contributed by atoms with van der Waals surface area (Å²) in [6, 6.07) is 16.0. The number of hydrogen-bond donors (Lipinski definition) is 0. The molecule has 0 N–H and O–H groups in total. The van der Waals surface area contributed by atoms with E-state index < -0.39 is 10.0 Å². The standard InChI is InChI=1S/C27H28N4O3S2/c1-19-7-5-10-24-25(19)29-27(35-24)30(18-21-9-6-15-28-17-21)26(32)22-11-13-23(14-12-22)36(33,34)31-16-4-3-8-20(31)2/h5-7,9-15,17,20H,3-4,8,16,18H2,1-2H3. The zero-order chi connectivity index (χ0) is 25.3. The van der Waals surface area contributed by atoms with Crippen molar-refractivity contribution in [2.45, 2.75) is 50.6 Å². The van der Waals surface area contributed by atoms with Crippen LogP contribution in [0, 0.1) is 6.92 Å². The highest BCUT2D eigenvalue weighted by Gasteiger charge is 2.31. The Morgan fingerprint density at radius 3 is 2.61 bits per heavy atom. The van der Waals surface area contributed by atoms with Gasteiger partial charge in [0.05, 0.1) is 21.7 Å². The van der Waals surface area contributed by atoms with Crippen molar-refractivity contribution in [3.05, 3.63) is 83.7 Å². The molecule has 7 nitrogen and oxygen atoms in total. The summed E-state index contributed by atoms with van der Waals surface area (Å²) in [5, 5.41) is 0.590. The lowest BCUT2D eigenvalue weighted by molar-refractivity contribution is 0.0985. The van der Waals surface area contributed by atoms with E-state index in [4.69, 9.17) is 4.98 Å². The van der Waals surface area contributed by atoms with Crippen molar-refractivity contribution in [2.24, 2.45) is 0 Å². The van der Waals surface area contributed by atoms with Gasteiger partial charge in [-0.15, -0.1) is 0 Å². The van der Waals surface area contributed by atoms with Crippen LogP contribution in [0.5, 0.6) is 0 Å². The predicted molar refractivity (Wildman–Crippen MR) is 143 cm³/mol. The van der Waals surface area contributed by atoms with Gasteiger partial charge in [0.2, 0.25) is 10.0 Å². The summed E-state index contributed by atoms with van der Waals surface area (Å²) in [7, 11) is -3.61. The Kier molecular flexibility index (Phi) is 6.87.